The summed E-state index contributed by atoms with van der Waals surface area (Å²) >= 11 is 6.07. The van der Waals surface area contributed by atoms with Gasteiger partial charge in [-0.3, -0.25) is 0 Å². The fraction of sp³-hybridized carbons (Fsp3) is 0.188. The third kappa shape index (κ3) is 3.34. The van der Waals surface area contributed by atoms with Crippen molar-refractivity contribution in [1.29, 1.82) is 5.26 Å². The molecule has 0 atom stereocenters. The SMILES string of the molecule is Cc1cc(C)c(Oc2ccc(C#N)c(C(F)(F)F)c2)c(Cl)c1. The second-order valence-electron chi connectivity index (χ2n) is 4.81. The molecule has 0 bridgehead atoms. The summed E-state index contributed by atoms with van der Waals surface area (Å²) in [4.78, 5) is 0. The van der Waals surface area contributed by atoms with Crippen LogP contribution in [0.15, 0.2) is 30.3 Å². The molecule has 0 aliphatic carbocycles. The zero-order valence-electron chi connectivity index (χ0n) is 11.8. The predicted molar refractivity (Wildman–Crippen MR) is 77.2 cm³/mol. The molecule has 0 aromatic heterocycles. The Labute approximate surface area is 130 Å². The van der Waals surface area contributed by atoms with E-state index in [4.69, 9.17) is 21.6 Å². The summed E-state index contributed by atoms with van der Waals surface area (Å²) in [7, 11) is 0. The van der Waals surface area contributed by atoms with Gasteiger partial charge in [0.1, 0.15) is 11.5 Å². The molecule has 0 saturated carbocycles. The van der Waals surface area contributed by atoms with Crippen LogP contribution in [-0.4, -0.2) is 0 Å². The number of halogens is 4. The molecule has 6 heteroatoms. The van der Waals surface area contributed by atoms with Gasteiger partial charge in [-0.2, -0.15) is 18.4 Å². The van der Waals surface area contributed by atoms with Gasteiger partial charge in [-0.15, -0.1) is 0 Å². The maximum absolute atomic E-state index is 12.9. The van der Waals surface area contributed by atoms with Crippen molar-refractivity contribution in [3.05, 3.63) is 57.6 Å². The number of rotatable bonds is 2. The molecule has 0 fully saturated rings. The Morgan fingerprint density at radius 3 is 2.36 bits per heavy atom. The lowest BCUT2D eigenvalue weighted by Gasteiger charge is -2.14. The molecule has 0 unspecified atom stereocenters. The van der Waals surface area contributed by atoms with Crippen molar-refractivity contribution >= 4 is 11.6 Å². The van der Waals surface area contributed by atoms with E-state index < -0.39 is 17.3 Å². The zero-order valence-corrected chi connectivity index (χ0v) is 12.5. The van der Waals surface area contributed by atoms with Crippen molar-refractivity contribution < 1.29 is 17.9 Å². The normalized spacial score (nSPS) is 11.1. The van der Waals surface area contributed by atoms with E-state index in [1.807, 2.05) is 13.0 Å². The molecular formula is C16H11ClF3NO. The largest absolute Gasteiger partial charge is 0.456 e. The molecule has 2 rings (SSSR count). The molecule has 0 amide bonds. The highest BCUT2D eigenvalue weighted by atomic mass is 35.5. The number of aryl methyl sites for hydroxylation is 2. The maximum Gasteiger partial charge on any atom is 0.417 e. The van der Waals surface area contributed by atoms with Crippen LogP contribution < -0.4 is 4.74 Å². The highest BCUT2D eigenvalue weighted by molar-refractivity contribution is 6.32. The van der Waals surface area contributed by atoms with E-state index in [9.17, 15) is 13.2 Å². The lowest BCUT2D eigenvalue weighted by atomic mass is 10.1. The summed E-state index contributed by atoms with van der Waals surface area (Å²) in [5, 5.41) is 9.08. The van der Waals surface area contributed by atoms with Crippen LogP contribution in [0.4, 0.5) is 13.2 Å². The molecule has 0 heterocycles. The minimum atomic E-state index is -4.63. The Bertz CT molecular complexity index is 740. The van der Waals surface area contributed by atoms with Crippen LogP contribution in [0.5, 0.6) is 11.5 Å². The first kappa shape index (κ1) is 16.2. The van der Waals surface area contributed by atoms with Gasteiger partial charge in [0, 0.05) is 0 Å². The first-order chi connectivity index (χ1) is 10.2. The lowest BCUT2D eigenvalue weighted by Crippen LogP contribution is -2.08. The van der Waals surface area contributed by atoms with Crippen LogP contribution in [0.25, 0.3) is 0 Å². The molecule has 0 aliphatic heterocycles. The molecule has 0 radical (unpaired) electrons. The van der Waals surface area contributed by atoms with E-state index >= 15 is 0 Å². The fourth-order valence-corrected chi connectivity index (χ4v) is 2.43. The molecule has 0 aliphatic rings. The summed E-state index contributed by atoms with van der Waals surface area (Å²) in [6.45, 7) is 3.61. The molecular weight excluding hydrogens is 315 g/mol. The maximum atomic E-state index is 12.9. The summed E-state index contributed by atoms with van der Waals surface area (Å²) in [5.41, 5.74) is 0.147. The molecule has 114 valence electrons. The van der Waals surface area contributed by atoms with Crippen molar-refractivity contribution in [3.63, 3.8) is 0 Å². The Kier molecular flexibility index (Phi) is 4.34. The molecule has 2 aromatic carbocycles. The van der Waals surface area contributed by atoms with E-state index in [1.165, 1.54) is 12.1 Å². The quantitative estimate of drug-likeness (QED) is 0.715. The van der Waals surface area contributed by atoms with Crippen molar-refractivity contribution in [2.24, 2.45) is 0 Å². The Balaban J connectivity index is 2.46. The number of hydrogen-bond acceptors (Lipinski definition) is 2. The minimum absolute atomic E-state index is 0.0276. The van der Waals surface area contributed by atoms with Crippen molar-refractivity contribution in [1.82, 2.24) is 0 Å². The first-order valence-corrected chi connectivity index (χ1v) is 6.66. The number of hydrogen-bond donors (Lipinski definition) is 0. The standard InChI is InChI=1S/C16H11ClF3NO/c1-9-5-10(2)15(14(17)6-9)22-12-4-3-11(8-21)13(7-12)16(18,19)20/h3-7H,1-2H3. The Morgan fingerprint density at radius 2 is 1.82 bits per heavy atom. The number of nitriles is 1. The molecule has 2 nitrogen and oxygen atoms in total. The smallest absolute Gasteiger partial charge is 0.417 e. The lowest BCUT2D eigenvalue weighted by molar-refractivity contribution is -0.137. The minimum Gasteiger partial charge on any atom is -0.456 e. The van der Waals surface area contributed by atoms with Gasteiger partial charge in [-0.05, 0) is 49.2 Å². The van der Waals surface area contributed by atoms with Crippen LogP contribution in [0.2, 0.25) is 5.02 Å². The molecule has 2 aromatic rings. The summed E-state index contributed by atoms with van der Waals surface area (Å²) in [6.07, 6.45) is -4.63. The highest BCUT2D eigenvalue weighted by Crippen LogP contribution is 2.38. The van der Waals surface area contributed by atoms with Gasteiger partial charge in [-0.1, -0.05) is 17.7 Å². The Morgan fingerprint density at radius 1 is 1.14 bits per heavy atom. The van der Waals surface area contributed by atoms with E-state index in [0.717, 1.165) is 17.7 Å². The van der Waals surface area contributed by atoms with Gasteiger partial charge in [0.25, 0.3) is 0 Å². The van der Waals surface area contributed by atoms with Gasteiger partial charge in [0.05, 0.1) is 22.2 Å². The van der Waals surface area contributed by atoms with Crippen LogP contribution in [0, 0.1) is 25.2 Å². The van der Waals surface area contributed by atoms with Crippen LogP contribution in [0.1, 0.15) is 22.3 Å². The van der Waals surface area contributed by atoms with Crippen molar-refractivity contribution in [2.45, 2.75) is 20.0 Å². The zero-order chi connectivity index (χ0) is 16.5. The highest BCUT2D eigenvalue weighted by Gasteiger charge is 2.34. The van der Waals surface area contributed by atoms with E-state index in [0.29, 0.717) is 16.3 Å². The van der Waals surface area contributed by atoms with Crippen molar-refractivity contribution in [2.75, 3.05) is 0 Å². The fourth-order valence-electron chi connectivity index (χ4n) is 2.07. The monoisotopic (exact) mass is 325 g/mol. The first-order valence-electron chi connectivity index (χ1n) is 6.28. The van der Waals surface area contributed by atoms with Gasteiger partial charge < -0.3 is 4.74 Å². The second kappa shape index (κ2) is 5.90. The molecule has 22 heavy (non-hydrogen) atoms. The Hall–Kier alpha value is -2.19. The van der Waals surface area contributed by atoms with Crippen LogP contribution in [0.3, 0.4) is 0 Å². The number of benzene rings is 2. The molecule has 0 saturated heterocycles. The number of ether oxygens (including phenoxy) is 1. The van der Waals surface area contributed by atoms with E-state index in [-0.39, 0.29) is 5.75 Å². The summed E-state index contributed by atoms with van der Waals surface area (Å²) < 4.78 is 44.3. The average Bonchev–Trinajstić information content (AvgIpc) is 2.41. The van der Waals surface area contributed by atoms with Gasteiger partial charge in [0.15, 0.2) is 0 Å². The average molecular weight is 326 g/mol. The molecule has 0 N–H and O–H groups in total. The summed E-state index contributed by atoms with van der Waals surface area (Å²) in [5.74, 6) is 0.269. The van der Waals surface area contributed by atoms with E-state index in [1.54, 1.807) is 13.0 Å². The van der Waals surface area contributed by atoms with Crippen LogP contribution >= 0.6 is 11.6 Å². The van der Waals surface area contributed by atoms with Gasteiger partial charge in [-0.25, -0.2) is 0 Å². The second-order valence-corrected chi connectivity index (χ2v) is 5.22. The van der Waals surface area contributed by atoms with Gasteiger partial charge in [0.2, 0.25) is 0 Å². The number of alkyl halides is 3. The number of nitrogens with zero attached hydrogens (tertiary/aromatic N) is 1. The van der Waals surface area contributed by atoms with Crippen LogP contribution in [-0.2, 0) is 6.18 Å². The third-order valence-electron chi connectivity index (χ3n) is 3.01. The predicted octanol–water partition coefficient (Wildman–Crippen LogP) is 5.64. The van der Waals surface area contributed by atoms with Gasteiger partial charge >= 0.3 is 6.18 Å². The summed E-state index contributed by atoms with van der Waals surface area (Å²) in [6, 6.07) is 8.19. The third-order valence-corrected chi connectivity index (χ3v) is 3.29. The van der Waals surface area contributed by atoms with E-state index in [2.05, 4.69) is 0 Å². The van der Waals surface area contributed by atoms with Crippen molar-refractivity contribution in [3.8, 4) is 17.6 Å². The topological polar surface area (TPSA) is 33.0 Å². The molecule has 0 spiro atoms.